The number of rotatable bonds is 9. The number of Topliss-reactive ketones (excluding diaryl/α,β-unsaturated/α-hetero) is 2. The second kappa shape index (κ2) is 11.0. The summed E-state index contributed by atoms with van der Waals surface area (Å²) in [6.45, 7) is 15.6. The minimum absolute atomic E-state index is 0.00454. The van der Waals surface area contributed by atoms with Crippen molar-refractivity contribution in [2.75, 3.05) is 0 Å². The highest BCUT2D eigenvalue weighted by molar-refractivity contribution is 6.19. The molecule has 9 nitrogen and oxygen atoms in total. The van der Waals surface area contributed by atoms with Crippen LogP contribution in [0.3, 0.4) is 0 Å². The monoisotopic (exact) mass is 644 g/mol. The third kappa shape index (κ3) is 4.72. The van der Waals surface area contributed by atoms with Gasteiger partial charge in [-0.2, -0.15) is 0 Å². The van der Waals surface area contributed by atoms with Crippen molar-refractivity contribution >= 4 is 23.8 Å². The molecule has 6 aliphatic rings. The van der Waals surface area contributed by atoms with E-state index in [2.05, 4.69) is 6.08 Å². The first-order valence-electron chi connectivity index (χ1n) is 16.3. The van der Waals surface area contributed by atoms with Crippen LogP contribution in [-0.2, 0) is 25.5 Å². The molecule has 4 bridgehead atoms. The summed E-state index contributed by atoms with van der Waals surface area (Å²) in [7, 11) is 0. The number of ketones is 2. The zero-order chi connectivity index (χ0) is 34.3. The molecule has 1 aromatic carbocycles. The molecule has 1 aromatic rings. The predicted molar refractivity (Wildman–Crippen MR) is 175 cm³/mol. The summed E-state index contributed by atoms with van der Waals surface area (Å²) in [6.07, 6.45) is 10.9. The number of phenols is 1. The van der Waals surface area contributed by atoms with Gasteiger partial charge in [-0.3, -0.25) is 14.4 Å². The number of allylic oxidation sites excluding steroid dienone is 6. The molecule has 47 heavy (non-hydrogen) atoms. The number of carbonyl (C=O) groups is 3. The van der Waals surface area contributed by atoms with E-state index in [4.69, 9.17) is 18.9 Å². The number of hydrogen-bond donors (Lipinski definition) is 2. The summed E-state index contributed by atoms with van der Waals surface area (Å²) in [5, 5.41) is 23.2. The molecule has 3 heterocycles. The second-order valence-corrected chi connectivity index (χ2v) is 14.8. The van der Waals surface area contributed by atoms with Gasteiger partial charge in [0.1, 0.15) is 45.5 Å². The van der Waals surface area contributed by atoms with Crippen LogP contribution < -0.4 is 9.47 Å². The third-order valence-electron chi connectivity index (χ3n) is 10.4. The molecule has 1 unspecified atom stereocenters. The fraction of sp³-hybridized carbons (Fsp3) is 0.500. The lowest BCUT2D eigenvalue weighted by molar-refractivity contribution is -0.171. The van der Waals surface area contributed by atoms with Gasteiger partial charge in [0.15, 0.2) is 22.8 Å². The van der Waals surface area contributed by atoms with Gasteiger partial charge in [-0.15, -0.1) is 0 Å². The maximum absolute atomic E-state index is 14.8. The Balaban J connectivity index is 1.60. The molecule has 5 atom stereocenters. The maximum Gasteiger partial charge on any atom is 0.298 e. The highest BCUT2D eigenvalue weighted by Gasteiger charge is 2.81. The molecule has 1 spiro atoms. The summed E-state index contributed by atoms with van der Waals surface area (Å²) in [5.74, 6) is -1.63. The molecular weight excluding hydrogens is 600 g/mol. The molecule has 7 rings (SSSR count). The Morgan fingerprint density at radius 2 is 1.66 bits per heavy atom. The van der Waals surface area contributed by atoms with Crippen molar-refractivity contribution in [2.24, 2.45) is 11.8 Å². The van der Waals surface area contributed by atoms with Crippen LogP contribution in [0.4, 0.5) is 0 Å². The fourth-order valence-corrected chi connectivity index (χ4v) is 8.34. The first-order valence-corrected chi connectivity index (χ1v) is 16.3. The van der Waals surface area contributed by atoms with Gasteiger partial charge in [0.25, 0.3) is 6.47 Å². The molecular formula is C38H44O9. The van der Waals surface area contributed by atoms with E-state index in [-0.39, 0.29) is 58.3 Å². The van der Waals surface area contributed by atoms with E-state index < -0.39 is 45.8 Å². The summed E-state index contributed by atoms with van der Waals surface area (Å²) >= 11 is 0. The second-order valence-electron chi connectivity index (χ2n) is 14.8. The standard InChI is InChI=1S/C38H44O9/c1-20(2)10-9-14-36(8)18-26(40)28-31(42)29-30(41)25-16-23-17-27-35(6,7)47-37(34(23)43,15-13-22(5)44-19-39)38(25,27)46-33(29)24(32(28)45-36)12-11-21(3)4/h10-11,13,16,18-19,23,27,40,42H,9,12,14-15,17H2,1-8H3/b22-13-/t23-,27?,36-,37-,38-/m1/s1. The summed E-state index contributed by atoms with van der Waals surface area (Å²) in [4.78, 5) is 40.2. The van der Waals surface area contributed by atoms with Crippen molar-refractivity contribution in [3.63, 3.8) is 0 Å². The average molecular weight is 645 g/mol. The number of carbonyl (C=O) groups excluding carboxylic acids is 3. The summed E-state index contributed by atoms with van der Waals surface area (Å²) in [5.41, 5.74) is -2.02. The number of aromatic hydroxyl groups is 1. The normalized spacial score (nSPS) is 30.9. The minimum atomic E-state index is -1.60. The fourth-order valence-electron chi connectivity index (χ4n) is 8.34. The van der Waals surface area contributed by atoms with E-state index >= 15 is 0 Å². The van der Waals surface area contributed by atoms with Crippen molar-refractivity contribution in [3.05, 3.63) is 69.5 Å². The van der Waals surface area contributed by atoms with Gasteiger partial charge in [-0.1, -0.05) is 29.4 Å². The summed E-state index contributed by atoms with van der Waals surface area (Å²) < 4.78 is 25.6. The van der Waals surface area contributed by atoms with E-state index in [1.54, 1.807) is 25.2 Å². The molecule has 3 aliphatic carbocycles. The van der Waals surface area contributed by atoms with Gasteiger partial charge < -0.3 is 29.2 Å². The molecule has 250 valence electrons. The van der Waals surface area contributed by atoms with Crippen molar-refractivity contribution in [2.45, 2.75) is 110 Å². The first-order chi connectivity index (χ1) is 22.0. The molecule has 0 radical (unpaired) electrons. The van der Waals surface area contributed by atoms with Crippen molar-refractivity contribution < 1.29 is 43.5 Å². The van der Waals surface area contributed by atoms with Crippen LogP contribution >= 0.6 is 0 Å². The van der Waals surface area contributed by atoms with Crippen LogP contribution in [0.2, 0.25) is 0 Å². The number of phenolic OH excluding ortho intramolecular Hbond substituents is 1. The number of fused-ring (bicyclic) bond motifs is 2. The van der Waals surface area contributed by atoms with Gasteiger partial charge >= 0.3 is 0 Å². The molecule has 1 saturated carbocycles. The quantitative estimate of drug-likeness (QED) is 0.163. The highest BCUT2D eigenvalue weighted by Crippen LogP contribution is 2.68. The highest BCUT2D eigenvalue weighted by atomic mass is 16.6. The van der Waals surface area contributed by atoms with Crippen LogP contribution in [0.5, 0.6) is 17.2 Å². The van der Waals surface area contributed by atoms with E-state index in [1.807, 2.05) is 54.5 Å². The minimum Gasteiger partial charge on any atom is -0.507 e. The van der Waals surface area contributed by atoms with Gasteiger partial charge in [0.05, 0.1) is 5.60 Å². The number of ether oxygens (including phenoxy) is 4. The number of aliphatic hydroxyl groups is 1. The molecule has 2 fully saturated rings. The van der Waals surface area contributed by atoms with Crippen molar-refractivity contribution in [1.82, 2.24) is 0 Å². The van der Waals surface area contributed by atoms with E-state index in [9.17, 15) is 24.6 Å². The largest absolute Gasteiger partial charge is 0.507 e. The molecule has 0 aromatic heterocycles. The zero-order valence-corrected chi connectivity index (χ0v) is 28.4. The third-order valence-corrected chi connectivity index (χ3v) is 10.4. The Morgan fingerprint density at radius 1 is 0.979 bits per heavy atom. The molecule has 1 saturated heterocycles. The van der Waals surface area contributed by atoms with Crippen LogP contribution in [-0.4, -0.2) is 50.7 Å². The Hall–Kier alpha value is -4.11. The van der Waals surface area contributed by atoms with Crippen LogP contribution in [0.15, 0.2) is 52.9 Å². The Bertz CT molecular complexity index is 1750. The average Bonchev–Trinajstić information content (AvgIpc) is 3.12. The lowest BCUT2D eigenvalue weighted by Gasteiger charge is -2.56. The molecule has 2 N–H and O–H groups in total. The lowest BCUT2D eigenvalue weighted by Crippen LogP contribution is -2.72. The topological polar surface area (TPSA) is 129 Å². The first kappa shape index (κ1) is 32.8. The Morgan fingerprint density at radius 3 is 2.32 bits per heavy atom. The summed E-state index contributed by atoms with van der Waals surface area (Å²) in [6, 6.07) is 0. The van der Waals surface area contributed by atoms with Gasteiger partial charge in [0.2, 0.25) is 0 Å². The Kier molecular flexibility index (Phi) is 7.66. The smallest absolute Gasteiger partial charge is 0.298 e. The van der Waals surface area contributed by atoms with Gasteiger partial charge in [-0.25, -0.2) is 0 Å². The van der Waals surface area contributed by atoms with Crippen LogP contribution in [0.1, 0.15) is 103 Å². The molecule has 0 amide bonds. The van der Waals surface area contributed by atoms with Gasteiger partial charge in [0, 0.05) is 35.5 Å². The van der Waals surface area contributed by atoms with Crippen LogP contribution in [0, 0.1) is 11.8 Å². The number of benzene rings is 1. The van der Waals surface area contributed by atoms with E-state index in [0.717, 1.165) is 11.1 Å². The van der Waals surface area contributed by atoms with Crippen molar-refractivity contribution in [1.29, 1.82) is 0 Å². The molecule has 9 heteroatoms. The van der Waals surface area contributed by atoms with Gasteiger partial charge in [-0.05, 0) is 87.1 Å². The van der Waals surface area contributed by atoms with E-state index in [1.165, 1.54) is 0 Å². The van der Waals surface area contributed by atoms with Crippen molar-refractivity contribution in [3.8, 4) is 17.2 Å². The van der Waals surface area contributed by atoms with E-state index in [0.29, 0.717) is 31.3 Å². The predicted octanol–water partition coefficient (Wildman–Crippen LogP) is 7.17. The number of aliphatic hydroxyl groups excluding tert-OH is 1. The SMILES string of the molecule is CC(C)=CCC[C@]1(C)C=C(O)c2c(O)c3c(c(CC=C(C)C)c2O1)O[C@]12C(=C[C@@H]4CC1C(C)(C)O[C@]2(C/C=C(/C)OC=O)C4=O)C3=O. The number of hydrogen-bond acceptors (Lipinski definition) is 9. The molecule has 3 aliphatic heterocycles. The van der Waals surface area contributed by atoms with Crippen LogP contribution in [0.25, 0.3) is 5.76 Å². The lowest BCUT2D eigenvalue weighted by atomic mass is 9.51. The zero-order valence-electron chi connectivity index (χ0n) is 28.4. The Labute approximate surface area is 275 Å². The maximum atomic E-state index is 14.8.